The van der Waals surface area contributed by atoms with Crippen LogP contribution >= 0.6 is 0 Å². The lowest BCUT2D eigenvalue weighted by Crippen LogP contribution is -2.27. The Morgan fingerprint density at radius 1 is 1.13 bits per heavy atom. The maximum absolute atomic E-state index is 16.1. The van der Waals surface area contributed by atoms with Crippen molar-refractivity contribution in [1.29, 1.82) is 0 Å². The van der Waals surface area contributed by atoms with Crippen molar-refractivity contribution in [2.24, 2.45) is 18.9 Å². The van der Waals surface area contributed by atoms with Crippen LogP contribution in [0.3, 0.4) is 0 Å². The molecular weight excluding hydrogens is 591 g/mol. The van der Waals surface area contributed by atoms with E-state index in [9.17, 15) is 9.59 Å². The number of carbonyl (C=O) groups is 2. The first-order valence-corrected chi connectivity index (χ1v) is 15.5. The Labute approximate surface area is 266 Å². The maximum Gasteiger partial charge on any atom is 0.412 e. The van der Waals surface area contributed by atoms with Gasteiger partial charge < -0.3 is 19.5 Å². The van der Waals surface area contributed by atoms with Gasteiger partial charge in [-0.25, -0.2) is 14.2 Å². The van der Waals surface area contributed by atoms with Gasteiger partial charge in [0.15, 0.2) is 12.1 Å². The number of halogens is 1. The minimum Gasteiger partial charge on any atom is -0.444 e. The second kappa shape index (κ2) is 12.8. The average Bonchev–Trinajstić information content (AvgIpc) is 3.58. The van der Waals surface area contributed by atoms with Gasteiger partial charge in [0, 0.05) is 66.8 Å². The molecule has 242 valence electrons. The number of nitrogens with zero attached hydrogens (tertiary/aromatic N) is 4. The first-order chi connectivity index (χ1) is 22.0. The Bertz CT molecular complexity index is 1760. The molecule has 2 N–H and O–H groups in total. The molecule has 4 aromatic rings. The summed E-state index contributed by atoms with van der Waals surface area (Å²) in [5.41, 5.74) is 1.73. The highest BCUT2D eigenvalue weighted by Crippen LogP contribution is 2.54. The normalized spacial score (nSPS) is 21.2. The number of benzene rings is 1. The van der Waals surface area contributed by atoms with Gasteiger partial charge >= 0.3 is 6.09 Å². The number of pyridine rings is 2. The Balaban J connectivity index is 1.29. The molecule has 2 fully saturated rings. The second-order valence-electron chi connectivity index (χ2n) is 13.0. The van der Waals surface area contributed by atoms with E-state index in [1.54, 1.807) is 62.2 Å². The number of ether oxygens (including phenoxy) is 3. The predicted molar refractivity (Wildman–Crippen MR) is 171 cm³/mol. The smallest absolute Gasteiger partial charge is 0.412 e. The number of aromatic nitrogens is 4. The molecule has 2 amide bonds. The van der Waals surface area contributed by atoms with Gasteiger partial charge in [-0.05, 0) is 81.7 Å². The van der Waals surface area contributed by atoms with E-state index in [2.05, 4.69) is 25.7 Å². The fraction of sp³-hybridized carbons (Fsp3) is 0.441. The number of anilines is 2. The molecular formula is C34H39FN6O5. The zero-order valence-electron chi connectivity index (χ0n) is 26.7. The number of hydrogen-bond donors (Lipinski definition) is 2. The SMILES string of the molecule is Cc1ccncc1-c1cc2cc(NC(=O)[C@H]3[C@@H](COC4CCCCO4)[C@@H]3c3cnn(C)c3)ncc2c(NC(=O)OC(C)(C)C)c1F. The topological polar surface area (TPSA) is 129 Å². The van der Waals surface area contributed by atoms with Crippen LogP contribution in [0.2, 0.25) is 0 Å². The van der Waals surface area contributed by atoms with Gasteiger partial charge in [-0.3, -0.25) is 19.8 Å². The zero-order chi connectivity index (χ0) is 32.6. The van der Waals surface area contributed by atoms with Gasteiger partial charge in [-0.1, -0.05) is 0 Å². The molecule has 3 aromatic heterocycles. The van der Waals surface area contributed by atoms with Gasteiger partial charge in [0.05, 0.1) is 24.4 Å². The third kappa shape index (κ3) is 6.87. The Morgan fingerprint density at radius 2 is 1.96 bits per heavy atom. The molecule has 11 nitrogen and oxygen atoms in total. The van der Waals surface area contributed by atoms with E-state index in [-0.39, 0.29) is 41.2 Å². The molecule has 1 saturated heterocycles. The summed E-state index contributed by atoms with van der Waals surface area (Å²) in [4.78, 5) is 35.1. The number of rotatable bonds is 8. The zero-order valence-corrected chi connectivity index (χ0v) is 26.7. The largest absolute Gasteiger partial charge is 0.444 e. The summed E-state index contributed by atoms with van der Waals surface area (Å²) in [7, 11) is 1.84. The van der Waals surface area contributed by atoms with E-state index >= 15 is 4.39 Å². The second-order valence-corrected chi connectivity index (χ2v) is 13.0. The highest BCUT2D eigenvalue weighted by atomic mass is 19.1. The minimum atomic E-state index is -0.799. The van der Waals surface area contributed by atoms with Crippen LogP contribution in [0.5, 0.6) is 0 Å². The standard InChI is InChI=1S/C34H39FN6O5/c1-19-9-10-36-15-23(19)22-12-20-13-26(37-16-24(20)31(30(22)35)40-33(43)46-34(2,3)4)39-32(42)29-25(18-45-27-8-6-7-11-44-27)28(29)21-14-38-41(5)17-21/h9-10,12-17,25,27-29H,6-8,11,18H2,1-5H3,(H,40,43)(H,37,39,42)/t25-,27?,28-,29-/m0/s1. The Morgan fingerprint density at radius 3 is 2.65 bits per heavy atom. The number of aryl methyl sites for hydroxylation is 2. The van der Waals surface area contributed by atoms with Gasteiger partial charge in [0.2, 0.25) is 5.91 Å². The van der Waals surface area contributed by atoms with E-state index < -0.39 is 17.5 Å². The van der Waals surface area contributed by atoms with Crippen LogP contribution in [-0.4, -0.2) is 56.9 Å². The molecule has 46 heavy (non-hydrogen) atoms. The van der Waals surface area contributed by atoms with E-state index in [1.165, 1.54) is 6.20 Å². The van der Waals surface area contributed by atoms with Gasteiger partial charge in [-0.2, -0.15) is 5.10 Å². The van der Waals surface area contributed by atoms with Crippen molar-refractivity contribution in [1.82, 2.24) is 19.7 Å². The summed E-state index contributed by atoms with van der Waals surface area (Å²) < 4.78 is 35.1. The average molecular weight is 631 g/mol. The van der Waals surface area contributed by atoms with Crippen LogP contribution in [0, 0.1) is 24.6 Å². The van der Waals surface area contributed by atoms with E-state index in [0.717, 1.165) is 30.4 Å². The quantitative estimate of drug-likeness (QED) is 0.231. The van der Waals surface area contributed by atoms with Crippen LogP contribution < -0.4 is 10.6 Å². The molecule has 1 saturated carbocycles. The van der Waals surface area contributed by atoms with Crippen molar-refractivity contribution in [3.05, 3.63) is 66.1 Å². The van der Waals surface area contributed by atoms with Crippen LogP contribution in [0.15, 0.2) is 49.2 Å². The highest BCUT2D eigenvalue weighted by Gasteiger charge is 2.56. The molecule has 4 heterocycles. The molecule has 2 aliphatic rings. The van der Waals surface area contributed by atoms with Crippen molar-refractivity contribution in [3.63, 3.8) is 0 Å². The number of amides is 2. The number of fused-ring (bicyclic) bond motifs is 1. The molecule has 6 rings (SSSR count). The maximum atomic E-state index is 16.1. The summed E-state index contributed by atoms with van der Waals surface area (Å²) >= 11 is 0. The molecule has 0 bridgehead atoms. The van der Waals surface area contributed by atoms with Crippen molar-refractivity contribution < 1.29 is 28.2 Å². The van der Waals surface area contributed by atoms with E-state index in [4.69, 9.17) is 14.2 Å². The van der Waals surface area contributed by atoms with Crippen LogP contribution in [0.4, 0.5) is 20.7 Å². The molecule has 1 aliphatic carbocycles. The molecule has 0 radical (unpaired) electrons. The van der Waals surface area contributed by atoms with Crippen molar-refractivity contribution in [3.8, 4) is 11.1 Å². The lowest BCUT2D eigenvalue weighted by molar-refractivity contribution is -0.165. The van der Waals surface area contributed by atoms with Crippen LogP contribution in [0.1, 0.15) is 57.1 Å². The number of hydrogen-bond acceptors (Lipinski definition) is 8. The summed E-state index contributed by atoms with van der Waals surface area (Å²) in [6.07, 6.45) is 10.2. The molecule has 1 aromatic carbocycles. The fourth-order valence-corrected chi connectivity index (χ4v) is 6.09. The predicted octanol–water partition coefficient (Wildman–Crippen LogP) is 6.34. The highest BCUT2D eigenvalue weighted by molar-refractivity contribution is 6.05. The summed E-state index contributed by atoms with van der Waals surface area (Å²) in [6, 6.07) is 5.13. The minimum absolute atomic E-state index is 0.0472. The van der Waals surface area contributed by atoms with E-state index in [0.29, 0.717) is 35.4 Å². The van der Waals surface area contributed by atoms with Crippen molar-refractivity contribution >= 4 is 34.3 Å². The van der Waals surface area contributed by atoms with Crippen molar-refractivity contribution in [2.75, 3.05) is 23.8 Å². The third-order valence-electron chi connectivity index (χ3n) is 8.36. The van der Waals surface area contributed by atoms with Gasteiger partial charge in [0.25, 0.3) is 0 Å². The molecule has 12 heteroatoms. The number of nitrogens with one attached hydrogen (secondary N) is 2. The number of carbonyl (C=O) groups excluding carboxylic acids is 2. The fourth-order valence-electron chi connectivity index (χ4n) is 6.09. The van der Waals surface area contributed by atoms with Crippen molar-refractivity contribution in [2.45, 2.75) is 64.8 Å². The third-order valence-corrected chi connectivity index (χ3v) is 8.36. The lowest BCUT2D eigenvalue weighted by Gasteiger charge is -2.22. The first kappa shape index (κ1) is 31.6. The molecule has 1 aliphatic heterocycles. The van der Waals surface area contributed by atoms with Crippen LogP contribution in [-0.2, 0) is 26.1 Å². The first-order valence-electron chi connectivity index (χ1n) is 15.5. The summed E-state index contributed by atoms with van der Waals surface area (Å²) in [6.45, 7) is 8.11. The van der Waals surface area contributed by atoms with Gasteiger partial charge in [-0.15, -0.1) is 0 Å². The Kier molecular flexibility index (Phi) is 8.75. The summed E-state index contributed by atoms with van der Waals surface area (Å²) in [5, 5.41) is 10.8. The monoisotopic (exact) mass is 630 g/mol. The molecule has 0 spiro atoms. The molecule has 1 unspecified atom stereocenters. The Hall–Kier alpha value is -4.42. The summed E-state index contributed by atoms with van der Waals surface area (Å²) in [5.74, 6) is -0.998. The van der Waals surface area contributed by atoms with E-state index in [1.807, 2.05) is 20.2 Å². The van der Waals surface area contributed by atoms with Crippen LogP contribution in [0.25, 0.3) is 21.9 Å². The van der Waals surface area contributed by atoms with Gasteiger partial charge in [0.1, 0.15) is 11.4 Å². The lowest BCUT2D eigenvalue weighted by atomic mass is 9.98. The molecule has 4 atom stereocenters.